The second-order valence-electron chi connectivity index (χ2n) is 7.80. The topological polar surface area (TPSA) is 50.2 Å². The Hall–Kier alpha value is -1.62. The molecule has 1 N–H and O–H groups in total. The van der Waals surface area contributed by atoms with Gasteiger partial charge in [-0.3, -0.25) is 9.48 Å². The number of fused-ring (bicyclic) bond motifs is 1. The molecule has 0 aromatic carbocycles. The molecule has 1 heterocycles. The fourth-order valence-electron chi connectivity index (χ4n) is 4.26. The lowest BCUT2D eigenvalue weighted by atomic mass is 9.88. The van der Waals surface area contributed by atoms with Crippen LogP contribution in [-0.4, -0.2) is 47.3 Å². The monoisotopic (exact) mass is 344 g/mol. The van der Waals surface area contributed by atoms with Crippen LogP contribution in [-0.2, 0) is 19.4 Å². The standard InChI is InChI=1S/C20H32N4O/c1-4-12-21-16-10-11-18-17(13-16)19(20(25)23(2)3)22-24(18)14-15-8-6-5-7-9-15/h4,15-16,21H,1,5-14H2,2-3H3. The smallest absolute Gasteiger partial charge is 0.274 e. The van der Waals surface area contributed by atoms with E-state index in [1.807, 2.05) is 20.2 Å². The van der Waals surface area contributed by atoms with Crippen molar-refractivity contribution in [2.75, 3.05) is 20.6 Å². The van der Waals surface area contributed by atoms with Crippen LogP contribution < -0.4 is 5.32 Å². The number of rotatable bonds is 6. The lowest BCUT2D eigenvalue weighted by Gasteiger charge is -2.26. The minimum absolute atomic E-state index is 0.0306. The zero-order valence-electron chi connectivity index (χ0n) is 15.8. The SMILES string of the molecule is C=CCNC1CCc2c(c(C(=O)N(C)C)nn2CC2CCCCC2)C1. The minimum atomic E-state index is 0.0306. The van der Waals surface area contributed by atoms with Gasteiger partial charge in [0, 0.05) is 44.5 Å². The molecule has 0 aliphatic heterocycles. The molecule has 1 amide bonds. The molecule has 2 aliphatic rings. The lowest BCUT2D eigenvalue weighted by Crippen LogP contribution is -2.35. The molecule has 1 saturated carbocycles. The van der Waals surface area contributed by atoms with Crippen LogP contribution in [0, 0.1) is 5.92 Å². The van der Waals surface area contributed by atoms with Crippen molar-refractivity contribution in [2.45, 2.75) is 64.0 Å². The van der Waals surface area contributed by atoms with Gasteiger partial charge in [-0.25, -0.2) is 0 Å². The highest BCUT2D eigenvalue weighted by molar-refractivity contribution is 5.93. The molecule has 25 heavy (non-hydrogen) atoms. The van der Waals surface area contributed by atoms with Crippen molar-refractivity contribution in [3.8, 4) is 0 Å². The van der Waals surface area contributed by atoms with Gasteiger partial charge in [-0.2, -0.15) is 5.10 Å². The summed E-state index contributed by atoms with van der Waals surface area (Å²) >= 11 is 0. The summed E-state index contributed by atoms with van der Waals surface area (Å²) in [5.74, 6) is 0.750. The summed E-state index contributed by atoms with van der Waals surface area (Å²) < 4.78 is 2.17. The summed E-state index contributed by atoms with van der Waals surface area (Å²) in [7, 11) is 3.62. The van der Waals surface area contributed by atoms with Crippen molar-refractivity contribution in [3.63, 3.8) is 0 Å². The first-order valence-electron chi connectivity index (χ1n) is 9.74. The van der Waals surface area contributed by atoms with Gasteiger partial charge in [-0.05, 0) is 38.0 Å². The van der Waals surface area contributed by atoms with Crippen LogP contribution in [0.3, 0.4) is 0 Å². The molecule has 0 spiro atoms. The molecule has 5 heteroatoms. The Morgan fingerprint density at radius 1 is 1.32 bits per heavy atom. The number of carbonyl (C=O) groups is 1. The number of hydrogen-bond acceptors (Lipinski definition) is 3. The van der Waals surface area contributed by atoms with E-state index in [0.717, 1.165) is 38.3 Å². The summed E-state index contributed by atoms with van der Waals surface area (Å²) in [4.78, 5) is 14.3. The molecule has 0 radical (unpaired) electrons. The number of aromatic nitrogens is 2. The van der Waals surface area contributed by atoms with Gasteiger partial charge < -0.3 is 10.2 Å². The molecule has 5 nitrogen and oxygen atoms in total. The first-order chi connectivity index (χ1) is 12.1. The fourth-order valence-corrected chi connectivity index (χ4v) is 4.26. The first-order valence-corrected chi connectivity index (χ1v) is 9.74. The van der Waals surface area contributed by atoms with Gasteiger partial charge in [0.1, 0.15) is 0 Å². The largest absolute Gasteiger partial charge is 0.343 e. The van der Waals surface area contributed by atoms with Crippen molar-refractivity contribution in [2.24, 2.45) is 5.92 Å². The van der Waals surface area contributed by atoms with Crippen LogP contribution >= 0.6 is 0 Å². The van der Waals surface area contributed by atoms with Gasteiger partial charge in [0.05, 0.1) is 0 Å². The summed E-state index contributed by atoms with van der Waals surface area (Å²) in [6.45, 7) is 5.58. The highest BCUT2D eigenvalue weighted by Crippen LogP contribution is 2.29. The van der Waals surface area contributed by atoms with Crippen molar-refractivity contribution >= 4 is 5.91 Å². The summed E-state index contributed by atoms with van der Waals surface area (Å²) in [6.07, 6.45) is 11.5. The molecule has 1 unspecified atom stereocenters. The van der Waals surface area contributed by atoms with E-state index in [0.29, 0.717) is 11.7 Å². The van der Waals surface area contributed by atoms with Gasteiger partial charge >= 0.3 is 0 Å². The number of hydrogen-bond donors (Lipinski definition) is 1. The van der Waals surface area contributed by atoms with Crippen molar-refractivity contribution in [3.05, 3.63) is 29.6 Å². The van der Waals surface area contributed by atoms with Gasteiger partial charge in [0.15, 0.2) is 5.69 Å². The predicted octanol–water partition coefficient (Wildman–Crippen LogP) is 2.80. The van der Waals surface area contributed by atoms with E-state index in [-0.39, 0.29) is 5.91 Å². The maximum absolute atomic E-state index is 12.7. The van der Waals surface area contributed by atoms with E-state index in [1.165, 1.54) is 43.4 Å². The zero-order valence-corrected chi connectivity index (χ0v) is 15.8. The molecule has 3 rings (SSSR count). The Bertz CT molecular complexity index is 613. The average molecular weight is 345 g/mol. The molecular weight excluding hydrogens is 312 g/mol. The van der Waals surface area contributed by atoms with E-state index in [2.05, 4.69) is 16.6 Å². The quantitative estimate of drug-likeness (QED) is 0.808. The first kappa shape index (κ1) is 18.2. The Morgan fingerprint density at radius 2 is 2.08 bits per heavy atom. The molecule has 0 saturated heterocycles. The van der Waals surface area contributed by atoms with Crippen LogP contribution in [0.4, 0.5) is 0 Å². The number of amides is 1. The Morgan fingerprint density at radius 3 is 2.76 bits per heavy atom. The second-order valence-corrected chi connectivity index (χ2v) is 7.80. The van der Waals surface area contributed by atoms with Crippen LogP contribution in [0.25, 0.3) is 0 Å². The molecule has 1 fully saturated rings. The normalized spacial score (nSPS) is 21.0. The molecule has 1 aromatic rings. The maximum Gasteiger partial charge on any atom is 0.274 e. The second kappa shape index (κ2) is 8.17. The Kier molecular flexibility index (Phi) is 5.94. The number of nitrogens with one attached hydrogen (secondary N) is 1. The van der Waals surface area contributed by atoms with Crippen molar-refractivity contribution in [1.82, 2.24) is 20.0 Å². The molecule has 0 bridgehead atoms. The van der Waals surface area contributed by atoms with Crippen LogP contribution in [0.2, 0.25) is 0 Å². The maximum atomic E-state index is 12.7. The van der Waals surface area contributed by atoms with Crippen molar-refractivity contribution < 1.29 is 4.79 Å². The summed E-state index contributed by atoms with van der Waals surface area (Å²) in [5.41, 5.74) is 3.13. The average Bonchev–Trinajstić information content (AvgIpc) is 2.97. The van der Waals surface area contributed by atoms with Crippen LogP contribution in [0.1, 0.15) is 60.3 Å². The molecule has 1 aromatic heterocycles. The summed E-state index contributed by atoms with van der Waals surface area (Å²) in [5, 5.41) is 8.32. The number of nitrogens with zero attached hydrogens (tertiary/aromatic N) is 3. The Balaban J connectivity index is 1.84. The Labute approximate surface area is 151 Å². The third-order valence-corrected chi connectivity index (χ3v) is 5.66. The van der Waals surface area contributed by atoms with E-state index < -0.39 is 0 Å². The molecule has 1 atom stereocenters. The summed E-state index contributed by atoms with van der Waals surface area (Å²) in [6, 6.07) is 0.409. The van der Waals surface area contributed by atoms with E-state index in [1.54, 1.807) is 4.90 Å². The van der Waals surface area contributed by atoms with Crippen molar-refractivity contribution in [1.29, 1.82) is 0 Å². The van der Waals surface area contributed by atoms with Gasteiger partial charge in [-0.1, -0.05) is 25.3 Å². The predicted molar refractivity (Wildman–Crippen MR) is 101 cm³/mol. The van der Waals surface area contributed by atoms with Gasteiger partial charge in [0.2, 0.25) is 0 Å². The fraction of sp³-hybridized carbons (Fsp3) is 0.700. The van der Waals surface area contributed by atoms with Gasteiger partial charge in [-0.15, -0.1) is 6.58 Å². The molecule has 2 aliphatic carbocycles. The molecular formula is C20H32N4O. The van der Waals surface area contributed by atoms with Crippen LogP contribution in [0.5, 0.6) is 0 Å². The van der Waals surface area contributed by atoms with E-state index in [4.69, 9.17) is 5.10 Å². The molecule has 138 valence electrons. The van der Waals surface area contributed by atoms with E-state index in [9.17, 15) is 4.79 Å². The van der Waals surface area contributed by atoms with E-state index >= 15 is 0 Å². The minimum Gasteiger partial charge on any atom is -0.343 e. The zero-order chi connectivity index (χ0) is 17.8. The lowest BCUT2D eigenvalue weighted by molar-refractivity contribution is 0.0819. The number of carbonyl (C=O) groups excluding carboxylic acids is 1. The van der Waals surface area contributed by atoms with Crippen LogP contribution in [0.15, 0.2) is 12.7 Å². The third kappa shape index (κ3) is 4.14. The highest BCUT2D eigenvalue weighted by Gasteiger charge is 2.30. The highest BCUT2D eigenvalue weighted by atomic mass is 16.2. The van der Waals surface area contributed by atoms with Gasteiger partial charge in [0.25, 0.3) is 5.91 Å². The third-order valence-electron chi connectivity index (χ3n) is 5.66.